The van der Waals surface area contributed by atoms with Crippen LogP contribution in [-0.4, -0.2) is 44.8 Å². The number of amides is 2. The number of ketones is 1. The maximum Gasteiger partial charge on any atom is 0.339 e. The van der Waals surface area contributed by atoms with Crippen molar-refractivity contribution in [2.75, 3.05) is 11.5 Å². The van der Waals surface area contributed by atoms with Crippen LogP contribution < -0.4 is 4.90 Å². The summed E-state index contributed by atoms with van der Waals surface area (Å²) in [7, 11) is 0. The third kappa shape index (κ3) is 4.29. The maximum absolute atomic E-state index is 13.5. The molecule has 10 heteroatoms. The van der Waals surface area contributed by atoms with Crippen molar-refractivity contribution >= 4 is 83.4 Å². The lowest BCUT2D eigenvalue weighted by Crippen LogP contribution is -2.37. The molecule has 3 aliphatic rings. The molecule has 1 aliphatic heterocycles. The van der Waals surface area contributed by atoms with Crippen molar-refractivity contribution in [3.63, 3.8) is 0 Å². The minimum absolute atomic E-state index is 0.129. The molecule has 2 aliphatic carbocycles. The van der Waals surface area contributed by atoms with E-state index in [0.29, 0.717) is 38.3 Å². The molecule has 6 atom stereocenters. The first-order chi connectivity index (χ1) is 20.2. The van der Waals surface area contributed by atoms with Crippen LogP contribution >= 0.6 is 43.2 Å². The van der Waals surface area contributed by atoms with Crippen LogP contribution in [-0.2, 0) is 14.3 Å². The maximum atomic E-state index is 13.5. The molecule has 42 heavy (non-hydrogen) atoms. The second-order valence-electron chi connectivity index (χ2n) is 11.1. The minimum atomic E-state index is -0.611. The molecule has 2 amide bonds. The van der Waals surface area contributed by atoms with E-state index in [9.17, 15) is 19.2 Å². The van der Waals surface area contributed by atoms with Gasteiger partial charge in [-0.05, 0) is 60.4 Å². The summed E-state index contributed by atoms with van der Waals surface area (Å²) >= 11 is 8.77. The molecular weight excluding hydrogens is 684 g/mol. The number of hydrogen-bond acceptors (Lipinski definition) is 7. The van der Waals surface area contributed by atoms with Crippen LogP contribution in [0.3, 0.4) is 0 Å². The average Bonchev–Trinajstić information content (AvgIpc) is 3.77. The van der Waals surface area contributed by atoms with Gasteiger partial charge in [0.05, 0.1) is 39.2 Å². The van der Waals surface area contributed by atoms with Crippen molar-refractivity contribution in [2.24, 2.45) is 23.7 Å². The number of thiophene rings is 1. The number of carbonyl (C=O) groups excluding carboxylic acids is 4. The van der Waals surface area contributed by atoms with Gasteiger partial charge in [0, 0.05) is 20.6 Å². The zero-order valence-corrected chi connectivity index (χ0v) is 26.3. The predicted octanol–water partition coefficient (Wildman–Crippen LogP) is 6.59. The van der Waals surface area contributed by atoms with Gasteiger partial charge < -0.3 is 4.74 Å². The Hall–Kier alpha value is -3.21. The Labute approximate surface area is 262 Å². The van der Waals surface area contributed by atoms with Gasteiger partial charge in [-0.3, -0.25) is 19.3 Å². The Morgan fingerprint density at radius 2 is 1.67 bits per heavy atom. The molecule has 1 saturated heterocycles. The van der Waals surface area contributed by atoms with Crippen LogP contribution in [0.2, 0.25) is 0 Å². The van der Waals surface area contributed by atoms with Crippen LogP contribution in [0.1, 0.15) is 32.0 Å². The normalized spacial score (nSPS) is 26.2. The van der Waals surface area contributed by atoms with Crippen molar-refractivity contribution in [3.05, 3.63) is 82.0 Å². The molecule has 3 heterocycles. The Kier molecular flexibility index (Phi) is 6.90. The second kappa shape index (κ2) is 10.5. The van der Waals surface area contributed by atoms with Crippen LogP contribution in [0.5, 0.6) is 0 Å². The van der Waals surface area contributed by atoms with Gasteiger partial charge in [-0.25, -0.2) is 9.78 Å². The molecule has 0 N–H and O–H groups in total. The number of para-hydroxylation sites is 1. The van der Waals surface area contributed by atoms with E-state index in [1.807, 2.05) is 25.1 Å². The summed E-state index contributed by atoms with van der Waals surface area (Å²) in [6.07, 6.45) is 0.880. The molecule has 0 radical (unpaired) electrons. The SMILES string of the molecule is Cc1cccc2c(C(=O)OCC(=O)c3cccs3)cc(-c3ccc(N4C(=O)C5C6CC(C(Br)C6Br)C5C4=O)cc3)nc12. The Balaban J connectivity index is 1.18. The van der Waals surface area contributed by atoms with Gasteiger partial charge in [-0.1, -0.05) is 68.3 Å². The number of hydrogen-bond donors (Lipinski definition) is 0. The number of rotatable bonds is 6. The number of anilines is 1. The zero-order chi connectivity index (χ0) is 29.3. The highest BCUT2D eigenvalue weighted by Crippen LogP contribution is 2.60. The molecule has 4 aromatic rings. The average molecular weight is 708 g/mol. The lowest BCUT2D eigenvalue weighted by Gasteiger charge is -2.28. The number of imide groups is 1. The summed E-state index contributed by atoms with van der Waals surface area (Å²) in [5, 5.41) is 2.43. The van der Waals surface area contributed by atoms with Gasteiger partial charge in [0.15, 0.2) is 6.61 Å². The molecule has 2 bridgehead atoms. The number of alkyl halides is 2. The fraction of sp³-hybridized carbons (Fsp3) is 0.281. The number of ether oxygens (including phenoxy) is 1. The molecule has 2 saturated carbocycles. The standard InChI is InChI=1S/C32H24Br2N2O5S/c1-15-4-2-5-18-19(32(40)41-14-23(37)24-6-3-11-42-24)13-22(35-29(15)18)16-7-9-17(10-8-16)36-30(38)25-20-12-21(26(25)31(36)39)28(34)27(20)33/h2-11,13,20-21,25-28H,12,14H2,1H3. The minimum Gasteiger partial charge on any atom is -0.454 e. The first-order valence-corrected chi connectivity index (χ1v) is 16.4. The van der Waals surface area contributed by atoms with Crippen molar-refractivity contribution in [2.45, 2.75) is 23.0 Å². The van der Waals surface area contributed by atoms with Crippen molar-refractivity contribution in [1.82, 2.24) is 4.98 Å². The second-order valence-corrected chi connectivity index (χ2v) is 14.1. The molecular formula is C32H24Br2N2O5S. The number of esters is 1. The summed E-state index contributed by atoms with van der Waals surface area (Å²) in [6.45, 7) is 1.56. The van der Waals surface area contributed by atoms with E-state index < -0.39 is 5.97 Å². The Morgan fingerprint density at radius 3 is 2.31 bits per heavy atom. The molecule has 2 aromatic heterocycles. The van der Waals surface area contributed by atoms with Crippen LogP contribution in [0.4, 0.5) is 5.69 Å². The Bertz CT molecular complexity index is 1740. The lowest BCUT2D eigenvalue weighted by molar-refractivity contribution is -0.123. The molecule has 212 valence electrons. The largest absolute Gasteiger partial charge is 0.454 e. The van der Waals surface area contributed by atoms with Gasteiger partial charge in [0.1, 0.15) is 0 Å². The molecule has 7 nitrogen and oxygen atoms in total. The monoisotopic (exact) mass is 706 g/mol. The van der Waals surface area contributed by atoms with Crippen molar-refractivity contribution in [3.8, 4) is 11.3 Å². The number of carbonyl (C=O) groups is 4. The van der Waals surface area contributed by atoms with Crippen molar-refractivity contribution in [1.29, 1.82) is 0 Å². The van der Waals surface area contributed by atoms with Crippen LogP contribution in [0.25, 0.3) is 22.2 Å². The smallest absolute Gasteiger partial charge is 0.339 e. The zero-order valence-electron chi connectivity index (χ0n) is 22.3. The molecule has 6 unspecified atom stereocenters. The number of Topliss-reactive ketones (excluding diaryl/α,β-unsaturated/α-hetero) is 1. The van der Waals surface area contributed by atoms with Gasteiger partial charge >= 0.3 is 5.97 Å². The highest BCUT2D eigenvalue weighted by Gasteiger charge is 2.66. The van der Waals surface area contributed by atoms with E-state index in [2.05, 4.69) is 31.9 Å². The first-order valence-electron chi connectivity index (χ1n) is 13.6. The predicted molar refractivity (Wildman–Crippen MR) is 167 cm³/mol. The van der Waals surface area contributed by atoms with E-state index >= 15 is 0 Å². The van der Waals surface area contributed by atoms with Crippen LogP contribution in [0.15, 0.2) is 66.0 Å². The topological polar surface area (TPSA) is 93.6 Å². The van der Waals surface area contributed by atoms with E-state index in [4.69, 9.17) is 9.72 Å². The lowest BCUT2D eigenvalue weighted by atomic mass is 9.81. The third-order valence-corrected chi connectivity index (χ3v) is 12.9. The van der Waals surface area contributed by atoms with Gasteiger partial charge in [0.25, 0.3) is 0 Å². The fourth-order valence-corrected chi connectivity index (χ4v) is 9.34. The molecule has 0 spiro atoms. The van der Waals surface area contributed by atoms with Crippen molar-refractivity contribution < 1.29 is 23.9 Å². The summed E-state index contributed by atoms with van der Waals surface area (Å²) in [5.41, 5.74) is 3.63. The molecule has 3 fully saturated rings. The number of benzene rings is 2. The summed E-state index contributed by atoms with van der Waals surface area (Å²) < 4.78 is 5.44. The summed E-state index contributed by atoms with van der Waals surface area (Å²) in [6, 6.07) is 17.8. The number of pyridine rings is 1. The molecule has 2 aromatic carbocycles. The van der Waals surface area contributed by atoms with Gasteiger partial charge in [0.2, 0.25) is 17.6 Å². The van der Waals surface area contributed by atoms with E-state index in [1.54, 1.807) is 47.8 Å². The number of fused-ring (bicyclic) bond motifs is 6. The quantitative estimate of drug-likeness (QED) is 0.0972. The number of aryl methyl sites for hydroxylation is 1. The fourth-order valence-electron chi connectivity index (χ4n) is 6.81. The highest BCUT2D eigenvalue weighted by molar-refractivity contribution is 9.12. The molecule has 7 rings (SSSR count). The van der Waals surface area contributed by atoms with Crippen LogP contribution in [0, 0.1) is 30.6 Å². The summed E-state index contributed by atoms with van der Waals surface area (Å²) in [5.74, 6) is -1.41. The number of aromatic nitrogens is 1. The number of nitrogens with zero attached hydrogens (tertiary/aromatic N) is 2. The highest BCUT2D eigenvalue weighted by atomic mass is 79.9. The number of halogens is 2. The van der Waals surface area contributed by atoms with Gasteiger partial charge in [-0.2, -0.15) is 0 Å². The third-order valence-electron chi connectivity index (χ3n) is 8.80. The first kappa shape index (κ1) is 27.6. The Morgan fingerprint density at radius 1 is 0.976 bits per heavy atom. The summed E-state index contributed by atoms with van der Waals surface area (Å²) in [4.78, 5) is 59.7. The van der Waals surface area contributed by atoms with E-state index in [-0.39, 0.29) is 57.5 Å². The van der Waals surface area contributed by atoms with Gasteiger partial charge in [-0.15, -0.1) is 11.3 Å². The van der Waals surface area contributed by atoms with E-state index in [0.717, 1.165) is 12.0 Å². The van der Waals surface area contributed by atoms with E-state index in [1.165, 1.54) is 16.2 Å².